The van der Waals surface area contributed by atoms with Gasteiger partial charge in [0.25, 0.3) is 5.91 Å². The van der Waals surface area contributed by atoms with Crippen molar-refractivity contribution in [3.8, 4) is 0 Å². The third kappa shape index (κ3) is 5.22. The molecule has 10 heteroatoms. The van der Waals surface area contributed by atoms with Crippen molar-refractivity contribution in [1.29, 1.82) is 0 Å². The third-order valence-electron chi connectivity index (χ3n) is 3.71. The van der Waals surface area contributed by atoms with E-state index in [9.17, 15) is 19.2 Å². The highest BCUT2D eigenvalue weighted by Crippen LogP contribution is 2.19. The predicted molar refractivity (Wildman–Crippen MR) is 95.6 cm³/mol. The molecular weight excluding hydrogens is 370 g/mol. The first-order chi connectivity index (χ1) is 13.3. The Balaban J connectivity index is 1.86. The Morgan fingerprint density at radius 3 is 2.54 bits per heavy atom. The summed E-state index contributed by atoms with van der Waals surface area (Å²) in [7, 11) is 0. The largest absolute Gasteiger partial charge is 0.467 e. The number of hydrogen-bond acceptors (Lipinski definition) is 7. The van der Waals surface area contributed by atoms with Crippen LogP contribution in [0.25, 0.3) is 0 Å². The van der Waals surface area contributed by atoms with Gasteiger partial charge in [-0.15, -0.1) is 0 Å². The molecule has 2 aromatic heterocycles. The van der Waals surface area contributed by atoms with Gasteiger partial charge in [0.15, 0.2) is 6.61 Å². The van der Waals surface area contributed by atoms with Crippen LogP contribution in [0.15, 0.2) is 22.8 Å². The Bertz CT molecular complexity index is 868. The van der Waals surface area contributed by atoms with Crippen molar-refractivity contribution in [3.05, 3.63) is 46.7 Å². The molecule has 150 valence electrons. The second-order valence-electron chi connectivity index (χ2n) is 5.73. The number of aryl methyl sites for hydroxylation is 1. The average Bonchev–Trinajstić information content (AvgIpc) is 3.26. The van der Waals surface area contributed by atoms with Crippen LogP contribution in [0.5, 0.6) is 0 Å². The molecule has 2 heterocycles. The van der Waals surface area contributed by atoms with E-state index in [0.29, 0.717) is 17.0 Å². The second-order valence-corrected chi connectivity index (χ2v) is 5.73. The molecule has 3 amide bonds. The Labute approximate surface area is 160 Å². The fraction of sp³-hybridized carbons (Fsp3) is 0.333. The molecule has 2 rings (SSSR count). The summed E-state index contributed by atoms with van der Waals surface area (Å²) in [5.41, 5.74) is 1.09. The standard InChI is InChI=1S/C18H21N3O7/c1-4-26-16(23)14-10(2)15(20-11(14)3)17(24)28-9-13(22)21-18(25)19-8-12-6-5-7-27-12/h5-7,20H,4,8-9H2,1-3H3,(H2,19,21,22,25). The van der Waals surface area contributed by atoms with Crippen molar-refractivity contribution in [3.63, 3.8) is 0 Å². The van der Waals surface area contributed by atoms with E-state index >= 15 is 0 Å². The van der Waals surface area contributed by atoms with E-state index in [4.69, 9.17) is 13.9 Å². The number of urea groups is 1. The van der Waals surface area contributed by atoms with Crippen LogP contribution in [0.2, 0.25) is 0 Å². The summed E-state index contributed by atoms with van der Waals surface area (Å²) in [5.74, 6) is -1.68. The lowest BCUT2D eigenvalue weighted by molar-refractivity contribution is -0.123. The number of ether oxygens (including phenoxy) is 2. The number of nitrogens with one attached hydrogen (secondary N) is 3. The molecule has 0 unspecified atom stereocenters. The molecule has 0 aliphatic rings. The summed E-state index contributed by atoms with van der Waals surface area (Å²) in [6.45, 7) is 4.49. The van der Waals surface area contributed by atoms with Crippen molar-refractivity contribution in [2.45, 2.75) is 27.3 Å². The number of esters is 2. The Morgan fingerprint density at radius 2 is 1.89 bits per heavy atom. The van der Waals surface area contributed by atoms with E-state index in [1.807, 2.05) is 5.32 Å². The second kappa shape index (κ2) is 9.40. The zero-order valence-electron chi connectivity index (χ0n) is 15.7. The molecular formula is C18H21N3O7. The number of H-pyrrole nitrogens is 1. The maximum Gasteiger partial charge on any atom is 0.355 e. The highest BCUT2D eigenvalue weighted by atomic mass is 16.5. The van der Waals surface area contributed by atoms with Crippen molar-refractivity contribution in [1.82, 2.24) is 15.6 Å². The van der Waals surface area contributed by atoms with E-state index in [0.717, 1.165) is 0 Å². The highest BCUT2D eigenvalue weighted by molar-refractivity contribution is 6.00. The minimum Gasteiger partial charge on any atom is -0.467 e. The number of aromatic nitrogens is 1. The van der Waals surface area contributed by atoms with Gasteiger partial charge in [-0.25, -0.2) is 14.4 Å². The summed E-state index contributed by atoms with van der Waals surface area (Å²) >= 11 is 0. The summed E-state index contributed by atoms with van der Waals surface area (Å²) in [4.78, 5) is 50.3. The number of furan rings is 1. The van der Waals surface area contributed by atoms with Gasteiger partial charge in [0.05, 0.1) is 25.0 Å². The van der Waals surface area contributed by atoms with Crippen molar-refractivity contribution < 1.29 is 33.1 Å². The lowest BCUT2D eigenvalue weighted by Crippen LogP contribution is -2.41. The maximum atomic E-state index is 12.2. The smallest absolute Gasteiger partial charge is 0.355 e. The number of aromatic amines is 1. The zero-order chi connectivity index (χ0) is 20.7. The normalized spacial score (nSPS) is 10.2. The van der Waals surface area contributed by atoms with E-state index in [2.05, 4.69) is 10.3 Å². The number of carbonyl (C=O) groups excluding carboxylic acids is 4. The molecule has 2 aromatic rings. The van der Waals surface area contributed by atoms with E-state index in [1.165, 1.54) is 6.26 Å². The number of carbonyl (C=O) groups is 4. The fourth-order valence-electron chi connectivity index (χ4n) is 2.45. The Morgan fingerprint density at radius 1 is 1.14 bits per heavy atom. The molecule has 0 fully saturated rings. The van der Waals surface area contributed by atoms with Gasteiger partial charge in [0.2, 0.25) is 0 Å². The molecule has 0 radical (unpaired) electrons. The van der Waals surface area contributed by atoms with Crippen LogP contribution < -0.4 is 10.6 Å². The highest BCUT2D eigenvalue weighted by Gasteiger charge is 2.24. The van der Waals surface area contributed by atoms with Gasteiger partial charge in [-0.1, -0.05) is 0 Å². The lowest BCUT2D eigenvalue weighted by Gasteiger charge is -2.07. The number of hydrogen-bond donors (Lipinski definition) is 3. The molecule has 0 saturated carbocycles. The van der Waals surface area contributed by atoms with Gasteiger partial charge in [-0.2, -0.15) is 0 Å². The van der Waals surface area contributed by atoms with Crippen LogP contribution >= 0.6 is 0 Å². The van der Waals surface area contributed by atoms with Gasteiger partial charge in [0.1, 0.15) is 11.5 Å². The minimum absolute atomic E-state index is 0.0376. The Kier molecular flexibility index (Phi) is 6.96. The van der Waals surface area contributed by atoms with Crippen LogP contribution in [0.1, 0.15) is 44.8 Å². The molecule has 0 aliphatic carbocycles. The predicted octanol–water partition coefficient (Wildman–Crippen LogP) is 1.58. The van der Waals surface area contributed by atoms with Crippen molar-refractivity contribution in [2.75, 3.05) is 13.2 Å². The minimum atomic E-state index is -0.831. The molecule has 28 heavy (non-hydrogen) atoms. The van der Waals surface area contributed by atoms with Crippen molar-refractivity contribution >= 4 is 23.9 Å². The molecule has 0 bridgehead atoms. The van der Waals surface area contributed by atoms with Gasteiger partial charge in [-0.3, -0.25) is 10.1 Å². The number of amides is 3. The third-order valence-corrected chi connectivity index (χ3v) is 3.71. The van der Waals surface area contributed by atoms with Gasteiger partial charge < -0.3 is 24.2 Å². The first-order valence-corrected chi connectivity index (χ1v) is 8.47. The van der Waals surface area contributed by atoms with Crippen molar-refractivity contribution in [2.24, 2.45) is 0 Å². The van der Waals surface area contributed by atoms with Crippen LogP contribution in [0, 0.1) is 13.8 Å². The first kappa shape index (κ1) is 20.7. The number of imide groups is 1. The maximum absolute atomic E-state index is 12.2. The summed E-state index contributed by atoms with van der Waals surface area (Å²) < 4.78 is 14.9. The monoisotopic (exact) mass is 391 g/mol. The average molecular weight is 391 g/mol. The quantitative estimate of drug-likeness (QED) is 0.609. The number of rotatable bonds is 7. The molecule has 3 N–H and O–H groups in total. The fourth-order valence-corrected chi connectivity index (χ4v) is 2.45. The SMILES string of the molecule is CCOC(=O)c1c(C)[nH]c(C(=O)OCC(=O)NC(=O)NCc2ccco2)c1C. The molecule has 0 saturated heterocycles. The molecule has 10 nitrogen and oxygen atoms in total. The zero-order valence-corrected chi connectivity index (χ0v) is 15.7. The summed E-state index contributed by atoms with van der Waals surface area (Å²) in [6.07, 6.45) is 1.46. The molecule has 0 atom stereocenters. The topological polar surface area (TPSA) is 140 Å². The van der Waals surface area contributed by atoms with E-state index in [1.54, 1.807) is 32.9 Å². The van der Waals surface area contributed by atoms with Crippen LogP contribution in [-0.2, 0) is 20.8 Å². The summed E-state index contributed by atoms with van der Waals surface area (Å²) in [6, 6.07) is 2.57. The van der Waals surface area contributed by atoms with Gasteiger partial charge in [-0.05, 0) is 38.5 Å². The summed E-state index contributed by atoms with van der Waals surface area (Å²) in [5, 5.41) is 4.44. The molecule has 0 aromatic carbocycles. The van der Waals surface area contributed by atoms with E-state index in [-0.39, 0.29) is 24.4 Å². The van der Waals surface area contributed by atoms with Crippen LogP contribution in [0.4, 0.5) is 4.79 Å². The van der Waals surface area contributed by atoms with Gasteiger partial charge >= 0.3 is 18.0 Å². The van der Waals surface area contributed by atoms with E-state index < -0.39 is 30.5 Å². The first-order valence-electron chi connectivity index (χ1n) is 8.47. The van der Waals surface area contributed by atoms with Crippen LogP contribution in [0.3, 0.4) is 0 Å². The van der Waals surface area contributed by atoms with Gasteiger partial charge in [0, 0.05) is 5.69 Å². The molecule has 0 aliphatic heterocycles. The van der Waals surface area contributed by atoms with Crippen LogP contribution in [-0.4, -0.2) is 42.1 Å². The Hall–Kier alpha value is -3.56. The lowest BCUT2D eigenvalue weighted by atomic mass is 10.1. The molecule has 0 spiro atoms.